The van der Waals surface area contributed by atoms with E-state index in [1.165, 1.54) is 0 Å². The van der Waals surface area contributed by atoms with Gasteiger partial charge in [-0.1, -0.05) is 54.0 Å². The molecular formula is C21H36O3. The molecule has 0 aromatic rings. The van der Waals surface area contributed by atoms with Gasteiger partial charge >= 0.3 is 0 Å². The smallest absolute Gasteiger partial charge is 0.169 e. The van der Waals surface area contributed by atoms with Crippen molar-refractivity contribution >= 4 is 11.6 Å². The lowest BCUT2D eigenvalue weighted by Crippen LogP contribution is -2.28. The van der Waals surface area contributed by atoms with E-state index in [9.17, 15) is 14.7 Å². The lowest BCUT2D eigenvalue weighted by Gasteiger charge is -2.24. The Kier molecular flexibility index (Phi) is 8.35. The lowest BCUT2D eigenvalue weighted by molar-refractivity contribution is -0.124. The highest BCUT2D eigenvalue weighted by molar-refractivity contribution is 6.22. The Bertz CT molecular complexity index is 460. The van der Waals surface area contributed by atoms with Crippen LogP contribution in [0.15, 0.2) is 11.6 Å². The number of hydrogen-bond donors (Lipinski definition) is 1. The van der Waals surface area contributed by atoms with Gasteiger partial charge in [0.15, 0.2) is 11.6 Å². The maximum absolute atomic E-state index is 12.8. The van der Waals surface area contributed by atoms with Gasteiger partial charge in [0.05, 0.1) is 11.7 Å². The summed E-state index contributed by atoms with van der Waals surface area (Å²) in [5, 5.41) is 10.6. The van der Waals surface area contributed by atoms with E-state index in [-0.39, 0.29) is 29.3 Å². The highest BCUT2D eigenvalue weighted by atomic mass is 16.3. The molecule has 0 amide bonds. The van der Waals surface area contributed by atoms with E-state index in [0.29, 0.717) is 30.3 Å². The fourth-order valence-corrected chi connectivity index (χ4v) is 3.39. The molecule has 1 aliphatic rings. The minimum atomic E-state index is -0.530. The molecule has 0 saturated carbocycles. The molecule has 24 heavy (non-hydrogen) atoms. The van der Waals surface area contributed by atoms with Gasteiger partial charge in [-0.05, 0) is 37.0 Å². The summed E-state index contributed by atoms with van der Waals surface area (Å²) in [6.45, 7) is 12.5. The van der Waals surface area contributed by atoms with Gasteiger partial charge < -0.3 is 5.11 Å². The first kappa shape index (κ1) is 21.1. The molecule has 0 fully saturated rings. The first-order valence-corrected chi connectivity index (χ1v) is 9.60. The van der Waals surface area contributed by atoms with E-state index in [0.717, 1.165) is 19.3 Å². The van der Waals surface area contributed by atoms with Gasteiger partial charge in [-0.25, -0.2) is 0 Å². The van der Waals surface area contributed by atoms with E-state index in [1.54, 1.807) is 6.08 Å². The van der Waals surface area contributed by atoms with E-state index < -0.39 is 6.10 Å². The van der Waals surface area contributed by atoms with E-state index in [2.05, 4.69) is 27.7 Å². The molecule has 0 aliphatic heterocycles. The number of Topliss-reactive ketones (excluding diaryl/α,β-unsaturated/α-hetero) is 2. The summed E-state index contributed by atoms with van der Waals surface area (Å²) in [5.74, 6) is 0.781. The Morgan fingerprint density at radius 2 is 1.58 bits per heavy atom. The molecule has 138 valence electrons. The number of carbonyl (C=O) groups is 2. The standard InChI is InChI=1S/C21H36O3/c1-13(2)7-9-16-17(19(22)10-8-14(3)4)12-18(21(16)24)20(23)11-15(5)6/h12-17,19,22H,7-11H2,1-6H3/t16?,17?,19-/m0/s1. The molecule has 0 bridgehead atoms. The van der Waals surface area contributed by atoms with Crippen LogP contribution in [0.25, 0.3) is 0 Å². The second kappa shape index (κ2) is 9.50. The minimum absolute atomic E-state index is 0.0325. The molecule has 3 heteroatoms. The highest BCUT2D eigenvalue weighted by Gasteiger charge is 2.41. The van der Waals surface area contributed by atoms with Crippen molar-refractivity contribution in [2.45, 2.75) is 79.8 Å². The van der Waals surface area contributed by atoms with Crippen molar-refractivity contribution < 1.29 is 14.7 Å². The molecule has 2 unspecified atom stereocenters. The summed E-state index contributed by atoms with van der Waals surface area (Å²) in [6, 6.07) is 0. The minimum Gasteiger partial charge on any atom is -0.392 e. The fourth-order valence-electron chi connectivity index (χ4n) is 3.39. The van der Waals surface area contributed by atoms with E-state index >= 15 is 0 Å². The van der Waals surface area contributed by atoms with Crippen molar-refractivity contribution in [3.05, 3.63) is 11.6 Å². The summed E-state index contributed by atoms with van der Waals surface area (Å²) >= 11 is 0. The summed E-state index contributed by atoms with van der Waals surface area (Å²) in [6.07, 6.45) is 5.00. The first-order valence-electron chi connectivity index (χ1n) is 9.60. The van der Waals surface area contributed by atoms with Gasteiger partial charge in [0.1, 0.15) is 0 Å². The monoisotopic (exact) mass is 336 g/mol. The van der Waals surface area contributed by atoms with Crippen LogP contribution in [0, 0.1) is 29.6 Å². The van der Waals surface area contributed by atoms with Crippen LogP contribution in [0.5, 0.6) is 0 Å². The Morgan fingerprint density at radius 3 is 2.08 bits per heavy atom. The third-order valence-corrected chi connectivity index (χ3v) is 4.86. The average molecular weight is 337 g/mol. The zero-order valence-corrected chi connectivity index (χ0v) is 16.3. The quantitative estimate of drug-likeness (QED) is 0.594. The van der Waals surface area contributed by atoms with Crippen molar-refractivity contribution in [2.75, 3.05) is 0 Å². The second-order valence-corrected chi connectivity index (χ2v) is 8.66. The molecule has 0 spiro atoms. The second-order valence-electron chi connectivity index (χ2n) is 8.66. The summed E-state index contributed by atoms with van der Waals surface area (Å²) in [7, 11) is 0. The third kappa shape index (κ3) is 6.16. The van der Waals surface area contributed by atoms with Crippen LogP contribution in [-0.2, 0) is 9.59 Å². The van der Waals surface area contributed by atoms with Crippen molar-refractivity contribution in [3.63, 3.8) is 0 Å². The van der Waals surface area contributed by atoms with Gasteiger partial charge in [-0.3, -0.25) is 9.59 Å². The number of aliphatic hydroxyl groups is 1. The predicted molar refractivity (Wildman–Crippen MR) is 98.7 cm³/mol. The number of carbonyl (C=O) groups excluding carboxylic acids is 2. The zero-order chi connectivity index (χ0) is 18.4. The van der Waals surface area contributed by atoms with Crippen LogP contribution in [0.2, 0.25) is 0 Å². The summed E-state index contributed by atoms with van der Waals surface area (Å²) in [4.78, 5) is 25.2. The molecular weight excluding hydrogens is 300 g/mol. The fraction of sp³-hybridized carbons (Fsp3) is 0.810. The molecule has 0 radical (unpaired) electrons. The van der Waals surface area contributed by atoms with Gasteiger partial charge in [0, 0.05) is 18.3 Å². The lowest BCUT2D eigenvalue weighted by atomic mass is 9.82. The Balaban J connectivity index is 2.91. The molecule has 1 N–H and O–H groups in total. The maximum Gasteiger partial charge on any atom is 0.169 e. The van der Waals surface area contributed by atoms with Crippen molar-refractivity contribution in [1.82, 2.24) is 0 Å². The molecule has 0 aromatic carbocycles. The Hall–Kier alpha value is -0.960. The molecule has 3 nitrogen and oxygen atoms in total. The van der Waals surface area contributed by atoms with Crippen LogP contribution in [-0.4, -0.2) is 22.8 Å². The third-order valence-electron chi connectivity index (χ3n) is 4.86. The highest BCUT2D eigenvalue weighted by Crippen LogP contribution is 2.36. The van der Waals surface area contributed by atoms with Crippen molar-refractivity contribution in [2.24, 2.45) is 29.6 Å². The summed E-state index contributed by atoms with van der Waals surface area (Å²) in [5.41, 5.74) is 0.353. The van der Waals surface area contributed by atoms with Crippen LogP contribution in [0.4, 0.5) is 0 Å². The van der Waals surface area contributed by atoms with Crippen LogP contribution < -0.4 is 0 Å². The number of hydrogen-bond acceptors (Lipinski definition) is 3. The molecule has 3 atom stereocenters. The van der Waals surface area contributed by atoms with Crippen LogP contribution in [0.3, 0.4) is 0 Å². The van der Waals surface area contributed by atoms with Gasteiger partial charge in [0.2, 0.25) is 0 Å². The number of aliphatic hydroxyl groups excluding tert-OH is 1. The molecule has 1 rings (SSSR count). The summed E-state index contributed by atoms with van der Waals surface area (Å²) < 4.78 is 0. The zero-order valence-electron chi connectivity index (χ0n) is 16.3. The molecule has 0 heterocycles. The molecule has 0 aromatic heterocycles. The van der Waals surface area contributed by atoms with E-state index in [4.69, 9.17) is 0 Å². The predicted octanol–water partition coefficient (Wildman–Crippen LogP) is 4.58. The Labute approximate surface area is 147 Å². The van der Waals surface area contributed by atoms with Crippen LogP contribution >= 0.6 is 0 Å². The number of allylic oxidation sites excluding steroid dienone is 1. The maximum atomic E-state index is 12.8. The van der Waals surface area contributed by atoms with Gasteiger partial charge in [-0.15, -0.1) is 0 Å². The Morgan fingerprint density at radius 1 is 1.00 bits per heavy atom. The van der Waals surface area contributed by atoms with Crippen LogP contribution in [0.1, 0.15) is 73.6 Å². The largest absolute Gasteiger partial charge is 0.392 e. The van der Waals surface area contributed by atoms with Crippen molar-refractivity contribution in [3.8, 4) is 0 Å². The topological polar surface area (TPSA) is 54.4 Å². The SMILES string of the molecule is CC(C)CCC1C(=O)C(C(=O)CC(C)C)=CC1[C@@H](O)CCC(C)C. The van der Waals surface area contributed by atoms with Crippen molar-refractivity contribution in [1.29, 1.82) is 0 Å². The molecule has 1 aliphatic carbocycles. The van der Waals surface area contributed by atoms with Gasteiger partial charge in [-0.2, -0.15) is 0 Å². The normalized spacial score (nSPS) is 22.6. The van der Waals surface area contributed by atoms with Gasteiger partial charge in [0.25, 0.3) is 0 Å². The number of ketones is 2. The average Bonchev–Trinajstić information content (AvgIpc) is 2.78. The molecule has 0 saturated heterocycles. The first-order chi connectivity index (χ1) is 11.1. The number of rotatable bonds is 10. The van der Waals surface area contributed by atoms with E-state index in [1.807, 2.05) is 13.8 Å².